The molecule has 2 rings (SSSR count). The average molecular weight is 342 g/mol. The lowest BCUT2D eigenvalue weighted by Gasteiger charge is -2.10. The molecule has 4 nitrogen and oxygen atoms in total. The molecule has 0 atom stereocenters. The fourth-order valence-electron chi connectivity index (χ4n) is 1.63. The van der Waals surface area contributed by atoms with Crippen molar-refractivity contribution in [2.45, 2.75) is 13.8 Å². The van der Waals surface area contributed by atoms with Crippen LogP contribution in [0.5, 0.6) is 0 Å². The normalized spacial score (nSPS) is 10.3. The second-order valence-electron chi connectivity index (χ2n) is 3.97. The van der Waals surface area contributed by atoms with E-state index < -0.39 is 0 Å². The predicted molar refractivity (Wildman–Crippen MR) is 83.4 cm³/mol. The summed E-state index contributed by atoms with van der Waals surface area (Å²) < 4.78 is 0.890. The van der Waals surface area contributed by atoms with E-state index >= 15 is 0 Å². The minimum atomic E-state index is 0.685. The first-order valence-corrected chi connectivity index (χ1v) is 7.07. The van der Waals surface area contributed by atoms with Crippen LogP contribution >= 0.6 is 27.5 Å². The summed E-state index contributed by atoms with van der Waals surface area (Å²) in [5, 5.41) is 7.10. The van der Waals surface area contributed by atoms with Gasteiger partial charge in [0.1, 0.15) is 17.5 Å². The molecule has 0 saturated heterocycles. The Morgan fingerprint density at radius 1 is 1.21 bits per heavy atom. The Kier molecular flexibility index (Phi) is 4.61. The van der Waals surface area contributed by atoms with Crippen LogP contribution < -0.4 is 10.6 Å². The molecule has 0 spiro atoms. The van der Waals surface area contributed by atoms with Crippen molar-refractivity contribution in [3.8, 4) is 0 Å². The van der Waals surface area contributed by atoms with Crippen molar-refractivity contribution in [3.05, 3.63) is 39.6 Å². The number of benzene rings is 1. The highest BCUT2D eigenvalue weighted by Crippen LogP contribution is 2.28. The Balaban J connectivity index is 2.27. The van der Waals surface area contributed by atoms with Crippen molar-refractivity contribution in [2.75, 3.05) is 17.2 Å². The maximum Gasteiger partial charge on any atom is 0.136 e. The zero-order chi connectivity index (χ0) is 13.8. The largest absolute Gasteiger partial charge is 0.370 e. The predicted octanol–water partition coefficient (Wildman–Crippen LogP) is 4.38. The highest BCUT2D eigenvalue weighted by atomic mass is 79.9. The molecule has 0 bridgehead atoms. The van der Waals surface area contributed by atoms with Crippen LogP contribution in [0.3, 0.4) is 0 Å². The highest BCUT2D eigenvalue weighted by molar-refractivity contribution is 9.10. The van der Waals surface area contributed by atoms with E-state index in [0.717, 1.165) is 28.3 Å². The Hall–Kier alpha value is -1.33. The van der Waals surface area contributed by atoms with Crippen LogP contribution in [0.1, 0.15) is 12.7 Å². The van der Waals surface area contributed by atoms with Crippen LogP contribution in [0.2, 0.25) is 5.02 Å². The van der Waals surface area contributed by atoms with Crippen LogP contribution in [-0.2, 0) is 0 Å². The first kappa shape index (κ1) is 14.1. The molecule has 0 radical (unpaired) electrons. The van der Waals surface area contributed by atoms with Crippen LogP contribution in [0, 0.1) is 6.92 Å². The monoisotopic (exact) mass is 340 g/mol. The number of hydrogen-bond donors (Lipinski definition) is 2. The molecular formula is C13H14BrClN4. The van der Waals surface area contributed by atoms with Gasteiger partial charge in [-0.15, -0.1) is 0 Å². The van der Waals surface area contributed by atoms with Crippen molar-refractivity contribution < 1.29 is 0 Å². The molecule has 2 N–H and O–H groups in total. The Bertz CT molecular complexity index is 589. The number of nitrogens with one attached hydrogen (secondary N) is 2. The van der Waals surface area contributed by atoms with E-state index in [4.69, 9.17) is 11.6 Å². The van der Waals surface area contributed by atoms with E-state index in [0.29, 0.717) is 10.8 Å². The van der Waals surface area contributed by atoms with Crippen molar-refractivity contribution in [1.29, 1.82) is 0 Å². The van der Waals surface area contributed by atoms with Gasteiger partial charge < -0.3 is 10.6 Å². The molecular weight excluding hydrogens is 328 g/mol. The zero-order valence-corrected chi connectivity index (χ0v) is 13.0. The third kappa shape index (κ3) is 3.81. The average Bonchev–Trinajstić information content (AvgIpc) is 2.32. The van der Waals surface area contributed by atoms with Gasteiger partial charge in [0, 0.05) is 22.1 Å². The number of aryl methyl sites for hydroxylation is 1. The number of nitrogens with zero attached hydrogens (tertiary/aromatic N) is 2. The first-order chi connectivity index (χ1) is 9.08. The lowest BCUT2D eigenvalue weighted by atomic mass is 10.3. The minimum absolute atomic E-state index is 0.685. The summed E-state index contributed by atoms with van der Waals surface area (Å²) in [6, 6.07) is 7.44. The van der Waals surface area contributed by atoms with E-state index in [9.17, 15) is 0 Å². The maximum absolute atomic E-state index is 5.92. The number of rotatable bonds is 4. The van der Waals surface area contributed by atoms with Gasteiger partial charge in [-0.25, -0.2) is 9.97 Å². The quantitative estimate of drug-likeness (QED) is 0.866. The van der Waals surface area contributed by atoms with Crippen molar-refractivity contribution in [2.24, 2.45) is 0 Å². The van der Waals surface area contributed by atoms with E-state index in [1.54, 1.807) is 0 Å². The molecule has 0 amide bonds. The molecule has 0 unspecified atom stereocenters. The molecule has 0 saturated carbocycles. The standard InChI is InChI=1S/C13H14BrClN4/c1-3-16-12-7-13(18-8(2)17-12)19-11-5-4-9(15)6-10(11)14/h4-7H,3H2,1-2H3,(H2,16,17,18,19). The fraction of sp³-hybridized carbons (Fsp3) is 0.231. The molecule has 2 aromatic rings. The van der Waals surface area contributed by atoms with E-state index in [2.05, 4.69) is 36.5 Å². The van der Waals surface area contributed by atoms with Gasteiger partial charge in [-0.05, 0) is 48.0 Å². The second-order valence-corrected chi connectivity index (χ2v) is 5.26. The Morgan fingerprint density at radius 3 is 2.63 bits per heavy atom. The first-order valence-electron chi connectivity index (χ1n) is 5.90. The molecule has 0 fully saturated rings. The molecule has 0 aliphatic heterocycles. The maximum atomic E-state index is 5.92. The van der Waals surface area contributed by atoms with Gasteiger partial charge in [-0.2, -0.15) is 0 Å². The highest BCUT2D eigenvalue weighted by Gasteiger charge is 2.05. The van der Waals surface area contributed by atoms with Gasteiger partial charge in [0.15, 0.2) is 0 Å². The lowest BCUT2D eigenvalue weighted by molar-refractivity contribution is 1.04. The zero-order valence-electron chi connectivity index (χ0n) is 10.7. The van der Waals surface area contributed by atoms with Gasteiger partial charge in [-0.3, -0.25) is 0 Å². The molecule has 1 heterocycles. The molecule has 1 aromatic carbocycles. The topological polar surface area (TPSA) is 49.8 Å². The van der Waals surface area contributed by atoms with Gasteiger partial charge in [0.05, 0.1) is 5.69 Å². The lowest BCUT2D eigenvalue weighted by Crippen LogP contribution is -2.04. The van der Waals surface area contributed by atoms with Gasteiger partial charge in [-0.1, -0.05) is 11.6 Å². The summed E-state index contributed by atoms with van der Waals surface area (Å²) >= 11 is 9.38. The van der Waals surface area contributed by atoms with Crippen molar-refractivity contribution >= 4 is 44.9 Å². The van der Waals surface area contributed by atoms with Crippen LogP contribution in [-0.4, -0.2) is 16.5 Å². The van der Waals surface area contributed by atoms with Gasteiger partial charge in [0.25, 0.3) is 0 Å². The Labute approximate surface area is 125 Å². The molecule has 6 heteroatoms. The summed E-state index contributed by atoms with van der Waals surface area (Å²) in [5.41, 5.74) is 0.907. The second kappa shape index (κ2) is 6.21. The van der Waals surface area contributed by atoms with Crippen LogP contribution in [0.15, 0.2) is 28.7 Å². The van der Waals surface area contributed by atoms with Crippen LogP contribution in [0.4, 0.5) is 17.3 Å². The number of aromatic nitrogens is 2. The van der Waals surface area contributed by atoms with Gasteiger partial charge >= 0.3 is 0 Å². The third-order valence-electron chi connectivity index (χ3n) is 2.39. The molecule has 19 heavy (non-hydrogen) atoms. The summed E-state index contributed by atoms with van der Waals surface area (Å²) in [5.74, 6) is 2.26. The summed E-state index contributed by atoms with van der Waals surface area (Å²) in [4.78, 5) is 8.67. The van der Waals surface area contributed by atoms with Gasteiger partial charge in [0.2, 0.25) is 0 Å². The number of halogens is 2. The molecule has 1 aromatic heterocycles. The number of hydrogen-bond acceptors (Lipinski definition) is 4. The summed E-state index contributed by atoms with van der Waals surface area (Å²) in [6.45, 7) is 4.71. The Morgan fingerprint density at radius 2 is 1.95 bits per heavy atom. The molecule has 100 valence electrons. The van der Waals surface area contributed by atoms with Crippen molar-refractivity contribution in [1.82, 2.24) is 9.97 Å². The minimum Gasteiger partial charge on any atom is -0.370 e. The van der Waals surface area contributed by atoms with E-state index in [1.807, 2.05) is 38.1 Å². The SMILES string of the molecule is CCNc1cc(Nc2ccc(Cl)cc2Br)nc(C)n1. The van der Waals surface area contributed by atoms with Crippen LogP contribution in [0.25, 0.3) is 0 Å². The van der Waals surface area contributed by atoms with Crippen molar-refractivity contribution in [3.63, 3.8) is 0 Å². The molecule has 0 aliphatic carbocycles. The van der Waals surface area contributed by atoms with E-state index in [1.165, 1.54) is 0 Å². The third-order valence-corrected chi connectivity index (χ3v) is 3.28. The molecule has 0 aliphatic rings. The summed E-state index contributed by atoms with van der Waals surface area (Å²) in [7, 11) is 0. The summed E-state index contributed by atoms with van der Waals surface area (Å²) in [6.07, 6.45) is 0. The fourth-order valence-corrected chi connectivity index (χ4v) is 2.41. The smallest absolute Gasteiger partial charge is 0.136 e. The van der Waals surface area contributed by atoms with E-state index in [-0.39, 0.29) is 0 Å². The number of anilines is 3.